The second-order valence-electron chi connectivity index (χ2n) is 0.723. The van der Waals surface area contributed by atoms with Crippen molar-refractivity contribution in [2.75, 3.05) is 0 Å². The minimum absolute atomic E-state index is 0. The molecule has 0 amide bonds. The normalized spacial score (nSPS) is 6.67. The standard InChI is InChI=1S/C4H3O.Cu/c1-2-4-5-3-1;/h1,3-4H;/q-1;+1. The third kappa shape index (κ3) is 1.29. The molecular weight excluding hydrogens is 128 g/mol. The van der Waals surface area contributed by atoms with Gasteiger partial charge >= 0.3 is 17.1 Å². The Kier molecular flexibility index (Phi) is 2.91. The first-order chi connectivity index (χ1) is 2.50. The van der Waals surface area contributed by atoms with Crippen molar-refractivity contribution < 1.29 is 21.5 Å². The van der Waals surface area contributed by atoms with Gasteiger partial charge in [-0.2, -0.15) is 6.07 Å². The summed E-state index contributed by atoms with van der Waals surface area (Å²) in [7, 11) is 0. The molecule has 0 radical (unpaired) electrons. The predicted octanol–water partition coefficient (Wildman–Crippen LogP) is 1.08. The molecule has 1 aromatic heterocycles. The van der Waals surface area contributed by atoms with E-state index in [0.29, 0.717) is 0 Å². The summed E-state index contributed by atoms with van der Waals surface area (Å²) in [5.74, 6) is 0. The zero-order chi connectivity index (χ0) is 3.54. The molecule has 0 bridgehead atoms. The van der Waals surface area contributed by atoms with Crippen molar-refractivity contribution in [3.05, 3.63) is 24.7 Å². The monoisotopic (exact) mass is 130 g/mol. The van der Waals surface area contributed by atoms with E-state index in [1.54, 1.807) is 12.3 Å². The molecule has 1 nitrogen and oxygen atoms in total. The van der Waals surface area contributed by atoms with Crippen LogP contribution in [-0.2, 0) is 17.1 Å². The van der Waals surface area contributed by atoms with Crippen LogP contribution < -0.4 is 0 Å². The fraction of sp³-hybridized carbons (Fsp3) is 0. The van der Waals surface area contributed by atoms with Crippen molar-refractivity contribution in [2.45, 2.75) is 0 Å². The Morgan fingerprint density at radius 1 is 1.50 bits per heavy atom. The summed E-state index contributed by atoms with van der Waals surface area (Å²) < 4.78 is 4.53. The number of hydrogen-bond donors (Lipinski definition) is 0. The molecule has 1 aromatic rings. The van der Waals surface area contributed by atoms with E-state index in [0.717, 1.165) is 0 Å². The fourth-order valence-electron chi connectivity index (χ4n) is 0.196. The Morgan fingerprint density at radius 2 is 2.33 bits per heavy atom. The van der Waals surface area contributed by atoms with E-state index in [9.17, 15) is 0 Å². The molecule has 1 rings (SSSR count). The van der Waals surface area contributed by atoms with Gasteiger partial charge in [0.2, 0.25) is 0 Å². The van der Waals surface area contributed by atoms with Crippen molar-refractivity contribution >= 4 is 0 Å². The van der Waals surface area contributed by atoms with Crippen molar-refractivity contribution in [3.63, 3.8) is 0 Å². The predicted molar refractivity (Wildman–Crippen MR) is 17.5 cm³/mol. The minimum atomic E-state index is 0. The van der Waals surface area contributed by atoms with Crippen LogP contribution in [0.2, 0.25) is 0 Å². The van der Waals surface area contributed by atoms with Gasteiger partial charge in [0.15, 0.2) is 0 Å². The summed E-state index contributed by atoms with van der Waals surface area (Å²) >= 11 is 0. The molecule has 0 aliphatic carbocycles. The van der Waals surface area contributed by atoms with Crippen LogP contribution in [0.25, 0.3) is 0 Å². The van der Waals surface area contributed by atoms with Crippen molar-refractivity contribution in [3.8, 4) is 0 Å². The average molecular weight is 131 g/mol. The summed E-state index contributed by atoms with van der Waals surface area (Å²) in [5, 5.41) is 0. The number of rotatable bonds is 0. The van der Waals surface area contributed by atoms with E-state index in [2.05, 4.69) is 10.5 Å². The molecule has 0 aliphatic rings. The second-order valence-corrected chi connectivity index (χ2v) is 0.723. The maximum atomic E-state index is 4.53. The van der Waals surface area contributed by atoms with Gasteiger partial charge in [-0.15, -0.1) is 0 Å². The van der Waals surface area contributed by atoms with Gasteiger partial charge in [-0.3, -0.25) is 0 Å². The van der Waals surface area contributed by atoms with Crippen LogP contribution in [0.1, 0.15) is 0 Å². The first kappa shape index (κ1) is 5.80. The van der Waals surface area contributed by atoms with E-state index in [-0.39, 0.29) is 17.1 Å². The van der Waals surface area contributed by atoms with E-state index >= 15 is 0 Å². The van der Waals surface area contributed by atoms with E-state index in [1.165, 1.54) is 6.26 Å². The number of hydrogen-bond acceptors (Lipinski definition) is 1. The molecule has 0 aromatic carbocycles. The maximum Gasteiger partial charge on any atom is 1.00 e. The summed E-state index contributed by atoms with van der Waals surface area (Å²) in [4.78, 5) is 0. The van der Waals surface area contributed by atoms with Crippen molar-refractivity contribution in [1.82, 2.24) is 0 Å². The van der Waals surface area contributed by atoms with E-state index < -0.39 is 0 Å². The molecule has 6 heavy (non-hydrogen) atoms. The van der Waals surface area contributed by atoms with Gasteiger partial charge in [0, 0.05) is 0 Å². The Bertz CT molecular complexity index is 64.0. The van der Waals surface area contributed by atoms with E-state index in [4.69, 9.17) is 0 Å². The molecule has 0 unspecified atom stereocenters. The molecule has 1 heterocycles. The van der Waals surface area contributed by atoms with Gasteiger partial charge in [-0.05, 0) is 6.26 Å². The molecule has 0 saturated heterocycles. The number of furan rings is 1. The average Bonchev–Trinajstić information content (AvgIpc) is 1.76. The summed E-state index contributed by atoms with van der Waals surface area (Å²) in [6, 6.07) is 4.40. The third-order valence-corrected chi connectivity index (χ3v) is 0.379. The summed E-state index contributed by atoms with van der Waals surface area (Å²) in [5.41, 5.74) is 0. The van der Waals surface area contributed by atoms with Crippen LogP contribution in [0.4, 0.5) is 0 Å². The van der Waals surface area contributed by atoms with Crippen molar-refractivity contribution in [1.29, 1.82) is 0 Å². The molecule has 0 N–H and O–H groups in total. The van der Waals surface area contributed by atoms with Gasteiger partial charge in [0.1, 0.15) is 0 Å². The zero-order valence-corrected chi connectivity index (χ0v) is 3.88. The SMILES string of the molecule is [Cu+].[c-]1ccoc1. The van der Waals surface area contributed by atoms with Crippen LogP contribution in [-0.4, -0.2) is 0 Å². The Morgan fingerprint density at radius 3 is 2.50 bits per heavy atom. The van der Waals surface area contributed by atoms with Gasteiger partial charge < -0.3 is 4.42 Å². The molecule has 0 fully saturated rings. The Balaban J connectivity index is 0.000000250. The van der Waals surface area contributed by atoms with E-state index in [1.807, 2.05) is 0 Å². The quantitative estimate of drug-likeness (QED) is 0.379. The Hall–Kier alpha value is -0.201. The topological polar surface area (TPSA) is 13.1 Å². The van der Waals surface area contributed by atoms with Crippen LogP contribution >= 0.6 is 0 Å². The Labute approximate surface area is 46.8 Å². The van der Waals surface area contributed by atoms with Gasteiger partial charge in [-0.1, -0.05) is 6.26 Å². The fourth-order valence-corrected chi connectivity index (χ4v) is 0.196. The van der Waals surface area contributed by atoms with Crippen molar-refractivity contribution in [2.24, 2.45) is 0 Å². The maximum absolute atomic E-state index is 4.53. The molecule has 2 heteroatoms. The zero-order valence-electron chi connectivity index (χ0n) is 2.94. The third-order valence-electron chi connectivity index (χ3n) is 0.379. The second kappa shape index (κ2) is 3.01. The van der Waals surface area contributed by atoms with Crippen LogP contribution in [0.15, 0.2) is 23.0 Å². The summed E-state index contributed by atoms with van der Waals surface area (Å²) in [6.45, 7) is 0. The molecule has 0 saturated carbocycles. The largest absolute Gasteiger partial charge is 1.00 e. The van der Waals surface area contributed by atoms with Crippen LogP contribution in [0.3, 0.4) is 0 Å². The molecule has 0 spiro atoms. The molecule has 36 valence electrons. The smallest absolute Gasteiger partial charge is 0.576 e. The first-order valence-electron chi connectivity index (χ1n) is 1.38. The summed E-state index contributed by atoms with van der Waals surface area (Å²) in [6.07, 6.45) is 3.07. The first-order valence-corrected chi connectivity index (χ1v) is 1.38. The minimum Gasteiger partial charge on any atom is -0.576 e. The van der Waals surface area contributed by atoms with Crippen LogP contribution in [0, 0.1) is 6.07 Å². The van der Waals surface area contributed by atoms with Gasteiger partial charge in [0.05, 0.1) is 0 Å². The van der Waals surface area contributed by atoms with Crippen LogP contribution in [0.5, 0.6) is 0 Å². The molecule has 0 aliphatic heterocycles. The van der Waals surface area contributed by atoms with Gasteiger partial charge in [-0.25, -0.2) is 6.07 Å². The molecule has 0 atom stereocenters. The van der Waals surface area contributed by atoms with Gasteiger partial charge in [0.25, 0.3) is 0 Å². The molecular formula is C4H3CuO.